The second kappa shape index (κ2) is 5.63. The minimum absolute atomic E-state index is 0.000845. The first kappa shape index (κ1) is 13.1. The van der Waals surface area contributed by atoms with E-state index in [2.05, 4.69) is 10.3 Å². The van der Waals surface area contributed by atoms with Crippen molar-refractivity contribution in [2.75, 3.05) is 13.2 Å². The molecule has 1 unspecified atom stereocenters. The van der Waals surface area contributed by atoms with Crippen molar-refractivity contribution in [2.24, 2.45) is 0 Å². The van der Waals surface area contributed by atoms with Gasteiger partial charge in [-0.1, -0.05) is 6.07 Å². The molecule has 1 N–H and O–H groups in total. The molecule has 20 heavy (non-hydrogen) atoms. The van der Waals surface area contributed by atoms with Crippen molar-refractivity contribution >= 4 is 17.0 Å². The van der Waals surface area contributed by atoms with Crippen molar-refractivity contribution in [1.29, 1.82) is 0 Å². The smallest absolute Gasteiger partial charge is 0.249 e. The fraction of sp³-hybridized carbons (Fsp3) is 0.467. The number of nitrogens with zero attached hydrogens (tertiary/aromatic N) is 1. The molecule has 2 heterocycles. The van der Waals surface area contributed by atoms with Gasteiger partial charge in [-0.05, 0) is 37.0 Å². The van der Waals surface area contributed by atoms with Gasteiger partial charge in [0.2, 0.25) is 5.91 Å². The molecule has 1 aromatic heterocycles. The summed E-state index contributed by atoms with van der Waals surface area (Å²) >= 11 is 0. The molecular weight excluding hydrogens is 256 g/mol. The van der Waals surface area contributed by atoms with Crippen molar-refractivity contribution in [1.82, 2.24) is 10.3 Å². The van der Waals surface area contributed by atoms with E-state index in [4.69, 9.17) is 9.15 Å². The lowest BCUT2D eigenvalue weighted by Gasteiger charge is -2.10. The Bertz CT molecular complexity index is 615. The van der Waals surface area contributed by atoms with Gasteiger partial charge in [0.05, 0.1) is 0 Å². The number of benzene rings is 1. The summed E-state index contributed by atoms with van der Waals surface area (Å²) in [5.41, 5.74) is 2.79. The van der Waals surface area contributed by atoms with Crippen molar-refractivity contribution in [3.8, 4) is 0 Å². The van der Waals surface area contributed by atoms with Crippen LogP contribution in [0.3, 0.4) is 0 Å². The van der Waals surface area contributed by atoms with Crippen LogP contribution in [0.5, 0.6) is 0 Å². The molecule has 0 saturated carbocycles. The third kappa shape index (κ3) is 2.82. The molecule has 1 aromatic carbocycles. The van der Waals surface area contributed by atoms with Crippen molar-refractivity contribution < 1.29 is 13.9 Å². The van der Waals surface area contributed by atoms with Crippen LogP contribution in [0.2, 0.25) is 0 Å². The molecule has 1 saturated heterocycles. The van der Waals surface area contributed by atoms with Crippen LogP contribution in [0.25, 0.3) is 11.1 Å². The summed E-state index contributed by atoms with van der Waals surface area (Å²) in [5, 5.41) is 2.92. The van der Waals surface area contributed by atoms with E-state index in [9.17, 15) is 4.79 Å². The normalized spacial score (nSPS) is 18.6. The van der Waals surface area contributed by atoms with Gasteiger partial charge < -0.3 is 14.5 Å². The molecule has 5 nitrogen and oxygen atoms in total. The number of nitrogens with one attached hydrogen (secondary N) is 1. The highest BCUT2D eigenvalue weighted by molar-refractivity contribution is 5.81. The third-order valence-electron chi connectivity index (χ3n) is 3.49. The summed E-state index contributed by atoms with van der Waals surface area (Å²) in [5.74, 6) is 0.669. The van der Waals surface area contributed by atoms with E-state index in [1.165, 1.54) is 0 Å². The number of hydrogen-bond donors (Lipinski definition) is 1. The maximum Gasteiger partial charge on any atom is 0.249 e. The van der Waals surface area contributed by atoms with Gasteiger partial charge in [-0.2, -0.15) is 0 Å². The largest absolute Gasteiger partial charge is 0.441 e. The number of rotatable bonds is 4. The topological polar surface area (TPSA) is 64.4 Å². The number of amides is 1. The summed E-state index contributed by atoms with van der Waals surface area (Å²) in [6.45, 7) is 3.14. The molecule has 1 atom stereocenters. The molecule has 1 aliphatic rings. The van der Waals surface area contributed by atoms with Crippen molar-refractivity contribution in [3.63, 3.8) is 0 Å². The Kier molecular flexibility index (Phi) is 3.69. The zero-order valence-electron chi connectivity index (χ0n) is 11.5. The lowest BCUT2D eigenvalue weighted by Crippen LogP contribution is -2.35. The maximum absolute atomic E-state index is 11.8. The van der Waals surface area contributed by atoms with Gasteiger partial charge in [0, 0.05) is 20.1 Å². The average Bonchev–Trinajstić information content (AvgIpc) is 3.05. The number of carbonyl (C=O) groups excluding carboxylic acids is 1. The van der Waals surface area contributed by atoms with Crippen LogP contribution in [0.4, 0.5) is 0 Å². The number of hydrogen-bond acceptors (Lipinski definition) is 4. The molecule has 5 heteroatoms. The molecule has 0 aliphatic carbocycles. The van der Waals surface area contributed by atoms with Crippen LogP contribution in [0.15, 0.2) is 22.6 Å². The van der Waals surface area contributed by atoms with Crippen molar-refractivity contribution in [3.05, 3.63) is 29.7 Å². The van der Waals surface area contributed by atoms with Gasteiger partial charge in [-0.3, -0.25) is 4.79 Å². The molecule has 1 amide bonds. The van der Waals surface area contributed by atoms with E-state index in [1.54, 1.807) is 0 Å². The standard InChI is InChI=1S/C15H18N2O3/c1-10-17-12-5-4-11(9-14(12)20-10)6-7-16-15(18)13-3-2-8-19-13/h4-5,9,13H,2-3,6-8H2,1H3,(H,16,18). The van der Waals surface area contributed by atoms with Crippen LogP contribution >= 0.6 is 0 Å². The lowest BCUT2D eigenvalue weighted by atomic mass is 10.1. The van der Waals surface area contributed by atoms with Crippen LogP contribution in [-0.4, -0.2) is 30.1 Å². The highest BCUT2D eigenvalue weighted by Crippen LogP contribution is 2.17. The summed E-state index contributed by atoms with van der Waals surface area (Å²) < 4.78 is 10.8. The minimum Gasteiger partial charge on any atom is -0.441 e. The SMILES string of the molecule is Cc1nc2ccc(CCNC(=O)C3CCCO3)cc2o1. The molecule has 3 rings (SSSR count). The van der Waals surface area contributed by atoms with E-state index in [0.717, 1.165) is 35.9 Å². The minimum atomic E-state index is -0.255. The molecule has 0 spiro atoms. The zero-order chi connectivity index (χ0) is 13.9. The zero-order valence-corrected chi connectivity index (χ0v) is 11.5. The number of ether oxygens (including phenoxy) is 1. The Balaban J connectivity index is 1.55. The lowest BCUT2D eigenvalue weighted by molar-refractivity contribution is -0.129. The number of fused-ring (bicyclic) bond motifs is 1. The average molecular weight is 274 g/mol. The van der Waals surface area contributed by atoms with Gasteiger partial charge in [0.1, 0.15) is 11.6 Å². The first-order chi connectivity index (χ1) is 9.72. The summed E-state index contributed by atoms with van der Waals surface area (Å²) in [7, 11) is 0. The Morgan fingerprint density at radius 1 is 1.50 bits per heavy atom. The van der Waals surface area contributed by atoms with E-state index >= 15 is 0 Å². The molecule has 106 valence electrons. The Labute approximate surface area is 117 Å². The molecule has 2 aromatic rings. The molecule has 1 fully saturated rings. The summed E-state index contributed by atoms with van der Waals surface area (Å²) in [6, 6.07) is 5.94. The van der Waals surface area contributed by atoms with Gasteiger partial charge in [0.25, 0.3) is 0 Å². The second-order valence-corrected chi connectivity index (χ2v) is 5.08. The Morgan fingerprint density at radius 2 is 2.40 bits per heavy atom. The second-order valence-electron chi connectivity index (χ2n) is 5.08. The molecule has 1 aliphatic heterocycles. The highest BCUT2D eigenvalue weighted by atomic mass is 16.5. The first-order valence-corrected chi connectivity index (χ1v) is 6.98. The fourth-order valence-electron chi connectivity index (χ4n) is 2.47. The molecular formula is C15H18N2O3. The van der Waals surface area contributed by atoms with Gasteiger partial charge in [-0.25, -0.2) is 4.98 Å². The predicted octanol–water partition coefficient (Wildman–Crippen LogP) is 1.97. The number of aromatic nitrogens is 1. The van der Waals surface area contributed by atoms with E-state index in [0.29, 0.717) is 19.0 Å². The summed E-state index contributed by atoms with van der Waals surface area (Å²) in [4.78, 5) is 16.0. The fourth-order valence-corrected chi connectivity index (χ4v) is 2.47. The molecule has 0 bridgehead atoms. The third-order valence-corrected chi connectivity index (χ3v) is 3.49. The van der Waals surface area contributed by atoms with E-state index in [-0.39, 0.29) is 12.0 Å². The van der Waals surface area contributed by atoms with Crippen molar-refractivity contribution in [2.45, 2.75) is 32.3 Å². The number of oxazole rings is 1. The van der Waals surface area contributed by atoms with Gasteiger partial charge >= 0.3 is 0 Å². The first-order valence-electron chi connectivity index (χ1n) is 6.98. The van der Waals surface area contributed by atoms with E-state index < -0.39 is 0 Å². The quantitative estimate of drug-likeness (QED) is 0.925. The summed E-state index contributed by atoms with van der Waals surface area (Å²) in [6.07, 6.45) is 2.32. The van der Waals surface area contributed by atoms with Crippen LogP contribution < -0.4 is 5.32 Å². The Morgan fingerprint density at radius 3 is 3.20 bits per heavy atom. The maximum atomic E-state index is 11.8. The number of aryl methyl sites for hydroxylation is 1. The predicted molar refractivity (Wildman–Crippen MR) is 74.4 cm³/mol. The van der Waals surface area contributed by atoms with Gasteiger partial charge in [0.15, 0.2) is 11.5 Å². The monoisotopic (exact) mass is 274 g/mol. The Hall–Kier alpha value is -1.88. The molecule has 0 radical (unpaired) electrons. The van der Waals surface area contributed by atoms with Crippen LogP contribution in [0, 0.1) is 6.92 Å². The van der Waals surface area contributed by atoms with Crippen LogP contribution in [-0.2, 0) is 16.0 Å². The van der Waals surface area contributed by atoms with E-state index in [1.807, 2.05) is 25.1 Å². The van der Waals surface area contributed by atoms with Crippen LogP contribution in [0.1, 0.15) is 24.3 Å². The van der Waals surface area contributed by atoms with Gasteiger partial charge in [-0.15, -0.1) is 0 Å². The highest BCUT2D eigenvalue weighted by Gasteiger charge is 2.22. The number of carbonyl (C=O) groups is 1.